The van der Waals surface area contributed by atoms with Gasteiger partial charge in [0.15, 0.2) is 0 Å². The van der Waals surface area contributed by atoms with Crippen molar-refractivity contribution in [3.05, 3.63) is 54.1 Å². The van der Waals surface area contributed by atoms with E-state index >= 15 is 0 Å². The van der Waals surface area contributed by atoms with Crippen molar-refractivity contribution in [2.45, 2.75) is 50.0 Å². The molecule has 0 atom stereocenters. The first kappa shape index (κ1) is 21.2. The maximum atomic E-state index is 13.3. The smallest absolute Gasteiger partial charge is 0.264 e. The van der Waals surface area contributed by atoms with E-state index in [0.29, 0.717) is 11.4 Å². The first-order valence-electron chi connectivity index (χ1n) is 9.93. The maximum Gasteiger partial charge on any atom is 0.264 e. The van der Waals surface area contributed by atoms with Crippen LogP contribution in [0, 0.1) is 6.92 Å². The molecule has 7 heteroatoms. The Morgan fingerprint density at radius 3 is 2.24 bits per heavy atom. The second-order valence-electron chi connectivity index (χ2n) is 7.43. The van der Waals surface area contributed by atoms with E-state index < -0.39 is 10.0 Å². The highest BCUT2D eigenvalue weighted by molar-refractivity contribution is 7.92. The number of nitrogens with one attached hydrogen (secondary N) is 1. The Bertz CT molecular complexity index is 918. The van der Waals surface area contributed by atoms with Crippen LogP contribution in [-0.2, 0) is 14.8 Å². The maximum absolute atomic E-state index is 13.3. The number of anilines is 1. The fourth-order valence-corrected chi connectivity index (χ4v) is 4.97. The van der Waals surface area contributed by atoms with Gasteiger partial charge in [0.05, 0.1) is 17.7 Å². The Balaban J connectivity index is 1.88. The van der Waals surface area contributed by atoms with Gasteiger partial charge in [0, 0.05) is 6.04 Å². The topological polar surface area (TPSA) is 75.7 Å². The molecular weight excluding hydrogens is 388 g/mol. The standard InChI is InChI=1S/C22H28N2O4S/c1-17-8-14-21(15-9-17)29(26,27)24(19-10-12-20(28-2)13-11-19)16-22(25)23-18-6-4-3-5-7-18/h8-15,18H,3-7,16H2,1-2H3,(H,23,25). The van der Waals surface area contributed by atoms with E-state index in [4.69, 9.17) is 4.74 Å². The molecular formula is C22H28N2O4S. The van der Waals surface area contributed by atoms with Gasteiger partial charge >= 0.3 is 0 Å². The zero-order valence-corrected chi connectivity index (χ0v) is 17.7. The minimum Gasteiger partial charge on any atom is -0.497 e. The van der Waals surface area contributed by atoms with Crippen LogP contribution >= 0.6 is 0 Å². The Morgan fingerprint density at radius 1 is 1.03 bits per heavy atom. The van der Waals surface area contributed by atoms with Crippen LogP contribution < -0.4 is 14.4 Å². The molecule has 0 aromatic heterocycles. The third kappa shape index (κ3) is 5.29. The van der Waals surface area contributed by atoms with Gasteiger partial charge in [0.25, 0.3) is 10.0 Å². The largest absolute Gasteiger partial charge is 0.497 e. The number of amides is 1. The summed E-state index contributed by atoms with van der Waals surface area (Å²) in [7, 11) is -2.35. The van der Waals surface area contributed by atoms with Gasteiger partial charge in [-0.1, -0.05) is 37.0 Å². The lowest BCUT2D eigenvalue weighted by molar-refractivity contribution is -0.120. The van der Waals surface area contributed by atoms with Gasteiger partial charge in [-0.15, -0.1) is 0 Å². The van der Waals surface area contributed by atoms with Crippen LogP contribution in [0.5, 0.6) is 5.75 Å². The number of carbonyl (C=O) groups excluding carboxylic acids is 1. The number of benzene rings is 2. The van der Waals surface area contributed by atoms with Crippen LogP contribution in [0.15, 0.2) is 53.4 Å². The van der Waals surface area contributed by atoms with Gasteiger partial charge < -0.3 is 10.1 Å². The van der Waals surface area contributed by atoms with Crippen LogP contribution in [0.3, 0.4) is 0 Å². The van der Waals surface area contributed by atoms with Crippen molar-refractivity contribution in [2.75, 3.05) is 18.0 Å². The fraction of sp³-hybridized carbons (Fsp3) is 0.409. The monoisotopic (exact) mass is 416 g/mol. The molecule has 6 nitrogen and oxygen atoms in total. The molecule has 0 spiro atoms. The van der Waals surface area contributed by atoms with E-state index in [1.807, 2.05) is 6.92 Å². The predicted octanol–water partition coefficient (Wildman–Crippen LogP) is 3.65. The van der Waals surface area contributed by atoms with Crippen molar-refractivity contribution in [2.24, 2.45) is 0 Å². The summed E-state index contributed by atoms with van der Waals surface area (Å²) in [5, 5.41) is 3.00. The minimum atomic E-state index is -3.89. The van der Waals surface area contributed by atoms with Crippen LogP contribution in [0.1, 0.15) is 37.7 Å². The number of hydrogen-bond acceptors (Lipinski definition) is 4. The number of nitrogens with zero attached hydrogens (tertiary/aromatic N) is 1. The number of hydrogen-bond donors (Lipinski definition) is 1. The molecule has 2 aromatic rings. The average molecular weight is 417 g/mol. The fourth-order valence-electron chi connectivity index (χ4n) is 3.55. The van der Waals surface area contributed by atoms with E-state index in [-0.39, 0.29) is 23.4 Å². The van der Waals surface area contributed by atoms with Crippen molar-refractivity contribution < 1.29 is 17.9 Å². The SMILES string of the molecule is COc1ccc(N(CC(=O)NC2CCCCC2)S(=O)(=O)c2ccc(C)cc2)cc1. The highest BCUT2D eigenvalue weighted by Crippen LogP contribution is 2.26. The van der Waals surface area contributed by atoms with Crippen molar-refractivity contribution >= 4 is 21.6 Å². The summed E-state index contributed by atoms with van der Waals surface area (Å²) in [6.45, 7) is 1.63. The average Bonchev–Trinajstić information content (AvgIpc) is 2.73. The van der Waals surface area contributed by atoms with Gasteiger partial charge in [0.2, 0.25) is 5.91 Å². The lowest BCUT2D eigenvalue weighted by Crippen LogP contribution is -2.44. The number of sulfonamides is 1. The quantitative estimate of drug-likeness (QED) is 0.748. The molecule has 1 aliphatic carbocycles. The lowest BCUT2D eigenvalue weighted by atomic mass is 9.95. The summed E-state index contributed by atoms with van der Waals surface area (Å²) in [6.07, 6.45) is 5.26. The number of aryl methyl sites for hydroxylation is 1. The van der Waals surface area contributed by atoms with Gasteiger partial charge in [-0.2, -0.15) is 0 Å². The highest BCUT2D eigenvalue weighted by Gasteiger charge is 2.28. The van der Waals surface area contributed by atoms with Crippen molar-refractivity contribution in [1.82, 2.24) is 5.32 Å². The molecule has 1 fully saturated rings. The zero-order valence-electron chi connectivity index (χ0n) is 16.9. The van der Waals surface area contributed by atoms with Crippen molar-refractivity contribution in [1.29, 1.82) is 0 Å². The first-order valence-corrected chi connectivity index (χ1v) is 11.4. The van der Waals surface area contributed by atoms with Gasteiger partial charge in [-0.25, -0.2) is 8.42 Å². The molecule has 0 saturated heterocycles. The van der Waals surface area contributed by atoms with E-state index in [0.717, 1.165) is 35.6 Å². The molecule has 0 unspecified atom stereocenters. The molecule has 1 saturated carbocycles. The first-order chi connectivity index (χ1) is 13.9. The zero-order chi connectivity index (χ0) is 20.9. The number of ether oxygens (including phenoxy) is 1. The summed E-state index contributed by atoms with van der Waals surface area (Å²) >= 11 is 0. The Morgan fingerprint density at radius 2 is 1.66 bits per heavy atom. The molecule has 0 aliphatic heterocycles. The predicted molar refractivity (Wildman–Crippen MR) is 114 cm³/mol. The molecule has 1 N–H and O–H groups in total. The molecule has 29 heavy (non-hydrogen) atoms. The third-order valence-electron chi connectivity index (χ3n) is 5.23. The van der Waals surface area contributed by atoms with Crippen molar-refractivity contribution in [3.8, 4) is 5.75 Å². The molecule has 1 aliphatic rings. The van der Waals surface area contributed by atoms with Crippen LogP contribution in [-0.4, -0.2) is 34.0 Å². The second kappa shape index (κ2) is 9.31. The molecule has 156 valence electrons. The Labute approximate surface area is 172 Å². The molecule has 0 heterocycles. The van der Waals surface area contributed by atoms with Crippen molar-refractivity contribution in [3.63, 3.8) is 0 Å². The Kier molecular flexibility index (Phi) is 6.79. The van der Waals surface area contributed by atoms with Crippen LogP contribution in [0.4, 0.5) is 5.69 Å². The third-order valence-corrected chi connectivity index (χ3v) is 7.01. The van der Waals surface area contributed by atoms with E-state index in [1.54, 1.807) is 55.6 Å². The summed E-state index contributed by atoms with van der Waals surface area (Å²) in [5.41, 5.74) is 1.39. The highest BCUT2D eigenvalue weighted by atomic mass is 32.2. The lowest BCUT2D eigenvalue weighted by Gasteiger charge is -2.27. The normalized spacial score (nSPS) is 15.0. The number of rotatable bonds is 7. The van der Waals surface area contributed by atoms with Crippen LogP contribution in [0.2, 0.25) is 0 Å². The molecule has 3 rings (SSSR count). The van der Waals surface area contributed by atoms with Gasteiger partial charge in [-0.05, 0) is 56.2 Å². The second-order valence-corrected chi connectivity index (χ2v) is 9.29. The van der Waals surface area contributed by atoms with Gasteiger partial charge in [-0.3, -0.25) is 9.10 Å². The Hall–Kier alpha value is -2.54. The molecule has 1 amide bonds. The molecule has 0 radical (unpaired) electrons. The van der Waals surface area contributed by atoms with E-state index in [1.165, 1.54) is 6.42 Å². The van der Waals surface area contributed by atoms with E-state index in [2.05, 4.69) is 5.32 Å². The molecule has 0 bridgehead atoms. The number of methoxy groups -OCH3 is 1. The summed E-state index contributed by atoms with van der Waals surface area (Å²) < 4.78 is 33.0. The van der Waals surface area contributed by atoms with E-state index in [9.17, 15) is 13.2 Å². The number of carbonyl (C=O) groups is 1. The summed E-state index contributed by atoms with van der Waals surface area (Å²) in [6, 6.07) is 13.4. The summed E-state index contributed by atoms with van der Waals surface area (Å²) in [4.78, 5) is 12.9. The van der Waals surface area contributed by atoms with Crippen LogP contribution in [0.25, 0.3) is 0 Å². The minimum absolute atomic E-state index is 0.121. The summed E-state index contributed by atoms with van der Waals surface area (Å²) in [5.74, 6) is 0.330. The molecule has 2 aromatic carbocycles. The van der Waals surface area contributed by atoms with Gasteiger partial charge in [0.1, 0.15) is 12.3 Å².